The summed E-state index contributed by atoms with van der Waals surface area (Å²) in [5, 5.41) is 0. The summed E-state index contributed by atoms with van der Waals surface area (Å²) in [4.78, 5) is 12.3. The second kappa shape index (κ2) is 6.03. The molecule has 0 aromatic heterocycles. The van der Waals surface area contributed by atoms with E-state index in [-0.39, 0.29) is 5.92 Å². The van der Waals surface area contributed by atoms with Gasteiger partial charge in [-0.3, -0.25) is 4.79 Å². The van der Waals surface area contributed by atoms with Gasteiger partial charge in [-0.05, 0) is 24.8 Å². The predicted molar refractivity (Wildman–Crippen MR) is 72.8 cm³/mol. The standard InChI is InChI=1S/C16H22O2/c1-12-7-9-13(10-8-12)15(17)11-14-5-3-4-6-16(14)18-2/h3-6,12-13H,7-11H2,1-2H3. The minimum Gasteiger partial charge on any atom is -0.496 e. The first-order valence-corrected chi connectivity index (χ1v) is 6.85. The largest absolute Gasteiger partial charge is 0.496 e. The van der Waals surface area contributed by atoms with E-state index >= 15 is 0 Å². The number of carbonyl (C=O) groups is 1. The van der Waals surface area contributed by atoms with Crippen LogP contribution in [-0.2, 0) is 11.2 Å². The van der Waals surface area contributed by atoms with Crippen molar-refractivity contribution in [2.75, 3.05) is 7.11 Å². The fourth-order valence-corrected chi connectivity index (χ4v) is 2.76. The van der Waals surface area contributed by atoms with Crippen molar-refractivity contribution in [3.05, 3.63) is 29.8 Å². The van der Waals surface area contributed by atoms with Crippen LogP contribution in [0.3, 0.4) is 0 Å². The van der Waals surface area contributed by atoms with Crippen LogP contribution in [0.4, 0.5) is 0 Å². The quantitative estimate of drug-likeness (QED) is 0.811. The average Bonchev–Trinajstić information content (AvgIpc) is 2.40. The third-order valence-electron chi connectivity index (χ3n) is 4.03. The molecule has 2 nitrogen and oxygen atoms in total. The molecule has 1 aromatic carbocycles. The molecule has 2 rings (SSSR count). The Hall–Kier alpha value is -1.31. The lowest BCUT2D eigenvalue weighted by Gasteiger charge is -2.25. The topological polar surface area (TPSA) is 26.3 Å². The number of para-hydroxylation sites is 1. The Morgan fingerprint density at radius 2 is 1.89 bits per heavy atom. The molecule has 1 aliphatic carbocycles. The van der Waals surface area contributed by atoms with Gasteiger partial charge in [0.1, 0.15) is 11.5 Å². The molecule has 98 valence electrons. The number of carbonyl (C=O) groups excluding carboxylic acids is 1. The van der Waals surface area contributed by atoms with Crippen molar-refractivity contribution in [1.29, 1.82) is 0 Å². The highest BCUT2D eigenvalue weighted by Crippen LogP contribution is 2.30. The van der Waals surface area contributed by atoms with Gasteiger partial charge in [0.15, 0.2) is 0 Å². The molecule has 1 aliphatic rings. The van der Waals surface area contributed by atoms with Gasteiger partial charge in [-0.15, -0.1) is 0 Å². The Labute approximate surface area is 109 Å². The van der Waals surface area contributed by atoms with E-state index in [9.17, 15) is 4.79 Å². The first kappa shape index (κ1) is 13.1. The maximum absolute atomic E-state index is 12.3. The first-order chi connectivity index (χ1) is 8.70. The maximum Gasteiger partial charge on any atom is 0.140 e. The van der Waals surface area contributed by atoms with Crippen LogP contribution in [0.15, 0.2) is 24.3 Å². The van der Waals surface area contributed by atoms with Gasteiger partial charge in [-0.25, -0.2) is 0 Å². The molecule has 0 bridgehead atoms. The van der Waals surface area contributed by atoms with Gasteiger partial charge in [-0.1, -0.05) is 38.0 Å². The maximum atomic E-state index is 12.3. The molecule has 0 aliphatic heterocycles. The molecule has 0 heterocycles. The number of hydrogen-bond acceptors (Lipinski definition) is 2. The van der Waals surface area contributed by atoms with E-state index in [1.54, 1.807) is 7.11 Å². The normalized spacial score (nSPS) is 23.7. The summed E-state index contributed by atoms with van der Waals surface area (Å²) in [5.41, 5.74) is 1.02. The van der Waals surface area contributed by atoms with E-state index in [1.807, 2.05) is 24.3 Å². The summed E-state index contributed by atoms with van der Waals surface area (Å²) in [6, 6.07) is 7.82. The summed E-state index contributed by atoms with van der Waals surface area (Å²) >= 11 is 0. The van der Waals surface area contributed by atoms with Crippen LogP contribution in [0.2, 0.25) is 0 Å². The highest BCUT2D eigenvalue weighted by atomic mass is 16.5. The smallest absolute Gasteiger partial charge is 0.140 e. The number of benzene rings is 1. The van der Waals surface area contributed by atoms with Crippen LogP contribution in [0, 0.1) is 11.8 Å². The minimum absolute atomic E-state index is 0.270. The summed E-state index contributed by atoms with van der Waals surface area (Å²) < 4.78 is 5.30. The van der Waals surface area contributed by atoms with Crippen molar-refractivity contribution in [1.82, 2.24) is 0 Å². The van der Waals surface area contributed by atoms with Gasteiger partial charge in [0.25, 0.3) is 0 Å². The Morgan fingerprint density at radius 1 is 1.22 bits per heavy atom. The minimum atomic E-state index is 0.270. The van der Waals surface area contributed by atoms with Gasteiger partial charge in [0.2, 0.25) is 0 Å². The molecule has 0 radical (unpaired) electrons. The van der Waals surface area contributed by atoms with E-state index in [0.29, 0.717) is 12.2 Å². The number of Topliss-reactive ketones (excluding diaryl/α,β-unsaturated/α-hetero) is 1. The third-order valence-corrected chi connectivity index (χ3v) is 4.03. The van der Waals surface area contributed by atoms with Crippen molar-refractivity contribution in [2.45, 2.75) is 39.0 Å². The van der Waals surface area contributed by atoms with Crippen LogP contribution in [0.1, 0.15) is 38.2 Å². The van der Waals surface area contributed by atoms with Gasteiger partial charge >= 0.3 is 0 Å². The molecule has 0 saturated heterocycles. The van der Waals surface area contributed by atoms with Crippen molar-refractivity contribution < 1.29 is 9.53 Å². The Kier molecular flexibility index (Phi) is 4.40. The van der Waals surface area contributed by atoms with Crippen LogP contribution < -0.4 is 4.74 Å². The van der Waals surface area contributed by atoms with E-state index in [1.165, 1.54) is 12.8 Å². The van der Waals surface area contributed by atoms with Crippen LogP contribution in [0.5, 0.6) is 5.75 Å². The number of hydrogen-bond donors (Lipinski definition) is 0. The number of methoxy groups -OCH3 is 1. The fourth-order valence-electron chi connectivity index (χ4n) is 2.76. The fraction of sp³-hybridized carbons (Fsp3) is 0.562. The molecule has 1 aromatic rings. The predicted octanol–water partition coefficient (Wildman–Crippen LogP) is 3.63. The molecule has 0 N–H and O–H groups in total. The lowest BCUT2D eigenvalue weighted by Crippen LogP contribution is -2.22. The Balaban J connectivity index is 1.98. The van der Waals surface area contributed by atoms with Crippen molar-refractivity contribution in [2.24, 2.45) is 11.8 Å². The number of ketones is 1. The van der Waals surface area contributed by atoms with Gasteiger partial charge in [-0.2, -0.15) is 0 Å². The molecule has 0 spiro atoms. The van der Waals surface area contributed by atoms with Gasteiger partial charge in [0.05, 0.1) is 7.11 Å². The summed E-state index contributed by atoms with van der Waals surface area (Å²) in [6.07, 6.45) is 5.04. The summed E-state index contributed by atoms with van der Waals surface area (Å²) in [6.45, 7) is 2.28. The summed E-state index contributed by atoms with van der Waals surface area (Å²) in [7, 11) is 1.66. The van der Waals surface area contributed by atoms with Crippen LogP contribution in [-0.4, -0.2) is 12.9 Å². The zero-order valence-electron chi connectivity index (χ0n) is 11.3. The van der Waals surface area contributed by atoms with E-state index in [2.05, 4.69) is 6.92 Å². The zero-order chi connectivity index (χ0) is 13.0. The highest BCUT2D eigenvalue weighted by molar-refractivity contribution is 5.83. The van der Waals surface area contributed by atoms with Crippen LogP contribution in [0.25, 0.3) is 0 Å². The molecule has 0 atom stereocenters. The highest BCUT2D eigenvalue weighted by Gasteiger charge is 2.24. The lowest BCUT2D eigenvalue weighted by atomic mass is 9.79. The van der Waals surface area contributed by atoms with E-state index < -0.39 is 0 Å². The third kappa shape index (κ3) is 3.12. The molecular weight excluding hydrogens is 224 g/mol. The van der Waals surface area contributed by atoms with Gasteiger partial charge < -0.3 is 4.74 Å². The zero-order valence-corrected chi connectivity index (χ0v) is 11.3. The second-order valence-electron chi connectivity index (χ2n) is 5.41. The monoisotopic (exact) mass is 246 g/mol. The molecule has 1 saturated carbocycles. The van der Waals surface area contributed by atoms with E-state index in [0.717, 1.165) is 30.1 Å². The van der Waals surface area contributed by atoms with Crippen molar-refractivity contribution in [3.63, 3.8) is 0 Å². The SMILES string of the molecule is COc1ccccc1CC(=O)C1CCC(C)CC1. The molecule has 0 amide bonds. The van der Waals surface area contributed by atoms with Crippen LogP contribution >= 0.6 is 0 Å². The molecular formula is C16H22O2. The molecule has 0 unspecified atom stereocenters. The molecule has 18 heavy (non-hydrogen) atoms. The lowest BCUT2D eigenvalue weighted by molar-refractivity contribution is -0.123. The van der Waals surface area contributed by atoms with E-state index in [4.69, 9.17) is 4.74 Å². The average molecular weight is 246 g/mol. The first-order valence-electron chi connectivity index (χ1n) is 6.85. The Morgan fingerprint density at radius 3 is 2.56 bits per heavy atom. The molecule has 2 heteroatoms. The van der Waals surface area contributed by atoms with Crippen molar-refractivity contribution >= 4 is 5.78 Å². The van der Waals surface area contributed by atoms with Crippen molar-refractivity contribution in [3.8, 4) is 5.75 Å². The summed E-state index contributed by atoms with van der Waals surface area (Å²) in [5.74, 6) is 2.27. The molecule has 1 fully saturated rings. The Bertz CT molecular complexity index is 403. The second-order valence-corrected chi connectivity index (χ2v) is 5.41. The number of rotatable bonds is 4. The van der Waals surface area contributed by atoms with Gasteiger partial charge in [0, 0.05) is 17.9 Å². The number of ether oxygens (including phenoxy) is 1.